The van der Waals surface area contributed by atoms with E-state index in [4.69, 9.17) is 14.6 Å². The third-order valence-electron chi connectivity index (χ3n) is 4.12. The topological polar surface area (TPSA) is 97.2 Å². The number of carbonyl (C=O) groups is 2. The molecule has 0 saturated heterocycles. The predicted octanol–water partition coefficient (Wildman–Crippen LogP) is 4.05. The number of amides is 1. The molecule has 0 radical (unpaired) electrons. The highest BCUT2D eigenvalue weighted by atomic mass is 79.9. The molecule has 0 unspecified atom stereocenters. The Balaban J connectivity index is 1.94. The fraction of sp³-hybridized carbons (Fsp3) is 0.318. The lowest BCUT2D eigenvalue weighted by atomic mass is 9.86. The van der Waals surface area contributed by atoms with Crippen LogP contribution in [-0.4, -0.2) is 36.4 Å². The number of hydrogen-bond acceptors (Lipinski definition) is 5. The van der Waals surface area contributed by atoms with Crippen LogP contribution in [0.15, 0.2) is 46.0 Å². The van der Waals surface area contributed by atoms with E-state index in [1.165, 1.54) is 11.8 Å². The van der Waals surface area contributed by atoms with Gasteiger partial charge in [0.2, 0.25) is 0 Å². The second-order valence-electron chi connectivity index (χ2n) is 7.68. The quantitative estimate of drug-likeness (QED) is 0.442. The molecular weight excluding hydrogens is 452 g/mol. The van der Waals surface area contributed by atoms with Crippen LogP contribution in [0, 0.1) is 6.92 Å². The zero-order chi connectivity index (χ0) is 22.3. The summed E-state index contributed by atoms with van der Waals surface area (Å²) in [5.74, 6) is -0.534. The molecule has 0 saturated carbocycles. The normalized spacial score (nSPS) is 11.4. The van der Waals surface area contributed by atoms with Gasteiger partial charge < -0.3 is 14.6 Å². The van der Waals surface area contributed by atoms with Crippen LogP contribution in [0.25, 0.3) is 0 Å². The third-order valence-corrected chi connectivity index (χ3v) is 4.61. The molecule has 2 rings (SSSR count). The maximum absolute atomic E-state index is 12.0. The number of hydrogen-bond donors (Lipinski definition) is 2. The average molecular weight is 477 g/mol. The molecule has 2 aromatic rings. The molecule has 0 aromatic heterocycles. The summed E-state index contributed by atoms with van der Waals surface area (Å²) in [5.41, 5.74) is 5.08. The number of aliphatic carboxylic acids is 1. The Morgan fingerprint density at radius 2 is 1.77 bits per heavy atom. The van der Waals surface area contributed by atoms with E-state index in [0.29, 0.717) is 17.1 Å². The van der Waals surface area contributed by atoms with Crippen molar-refractivity contribution in [1.82, 2.24) is 5.43 Å². The number of hydrazone groups is 1. The smallest absolute Gasteiger partial charge is 0.341 e. The van der Waals surface area contributed by atoms with Crippen LogP contribution < -0.4 is 14.9 Å². The van der Waals surface area contributed by atoms with Crippen molar-refractivity contribution in [3.63, 3.8) is 0 Å². The number of benzene rings is 2. The number of aryl methyl sites for hydroxylation is 1. The van der Waals surface area contributed by atoms with Gasteiger partial charge in [0.1, 0.15) is 11.5 Å². The lowest BCUT2D eigenvalue weighted by Crippen LogP contribution is -2.25. The first-order valence-corrected chi connectivity index (χ1v) is 10.1. The number of carbonyl (C=O) groups excluding carboxylic acids is 1. The first-order valence-electron chi connectivity index (χ1n) is 9.26. The fourth-order valence-corrected chi connectivity index (χ4v) is 2.90. The van der Waals surface area contributed by atoms with Crippen LogP contribution >= 0.6 is 15.9 Å². The van der Waals surface area contributed by atoms with Gasteiger partial charge in [0.25, 0.3) is 5.91 Å². The minimum Gasteiger partial charge on any atom is -0.483 e. The molecule has 0 aliphatic heterocycles. The van der Waals surface area contributed by atoms with Crippen LogP contribution in [0.4, 0.5) is 0 Å². The fourth-order valence-electron chi connectivity index (χ4n) is 2.52. The second-order valence-corrected chi connectivity index (χ2v) is 8.59. The van der Waals surface area contributed by atoms with E-state index in [2.05, 4.69) is 53.3 Å². The molecule has 2 N–H and O–H groups in total. The molecule has 8 heteroatoms. The Labute approximate surface area is 184 Å². The van der Waals surface area contributed by atoms with E-state index in [1.54, 1.807) is 18.2 Å². The summed E-state index contributed by atoms with van der Waals surface area (Å²) in [6.45, 7) is 7.68. The van der Waals surface area contributed by atoms with Gasteiger partial charge in [-0.3, -0.25) is 4.79 Å². The van der Waals surface area contributed by atoms with Gasteiger partial charge in [-0.25, -0.2) is 10.2 Å². The number of rotatable bonds is 8. The summed E-state index contributed by atoms with van der Waals surface area (Å²) in [7, 11) is 0. The predicted molar refractivity (Wildman–Crippen MR) is 118 cm³/mol. The Bertz CT molecular complexity index is 951. The first-order chi connectivity index (χ1) is 14.1. The molecule has 30 heavy (non-hydrogen) atoms. The van der Waals surface area contributed by atoms with Crippen LogP contribution in [0.2, 0.25) is 0 Å². The maximum atomic E-state index is 12.0. The van der Waals surface area contributed by atoms with Gasteiger partial charge in [0, 0.05) is 10.0 Å². The van der Waals surface area contributed by atoms with Crippen LogP contribution in [0.1, 0.15) is 37.5 Å². The van der Waals surface area contributed by atoms with Crippen LogP contribution in [-0.2, 0) is 15.0 Å². The van der Waals surface area contributed by atoms with E-state index in [0.717, 1.165) is 10.0 Å². The van der Waals surface area contributed by atoms with Gasteiger partial charge in [-0.05, 0) is 47.7 Å². The largest absolute Gasteiger partial charge is 0.483 e. The van der Waals surface area contributed by atoms with Crippen molar-refractivity contribution in [2.45, 2.75) is 33.1 Å². The molecule has 0 heterocycles. The van der Waals surface area contributed by atoms with Crippen molar-refractivity contribution in [2.75, 3.05) is 13.2 Å². The number of carboxylic acid groups (broad SMARTS) is 1. The minimum atomic E-state index is -1.09. The van der Waals surface area contributed by atoms with E-state index in [9.17, 15) is 9.59 Å². The van der Waals surface area contributed by atoms with Crippen molar-refractivity contribution in [2.24, 2.45) is 5.10 Å². The standard InChI is InChI=1S/C22H25BrN2O5/c1-14-9-16(22(2,3)4)5-7-18(14)29-12-20(26)25-24-11-15-10-17(23)6-8-19(15)30-13-21(27)28/h5-11H,12-13H2,1-4H3,(H,25,26)(H,27,28)/b24-11-. The Morgan fingerprint density at radius 1 is 1.10 bits per heavy atom. The minimum absolute atomic E-state index is 0.0366. The number of ether oxygens (including phenoxy) is 2. The van der Waals surface area contributed by atoms with Gasteiger partial charge in [-0.1, -0.05) is 48.8 Å². The van der Waals surface area contributed by atoms with E-state index >= 15 is 0 Å². The molecule has 2 aromatic carbocycles. The van der Waals surface area contributed by atoms with Crippen molar-refractivity contribution < 1.29 is 24.2 Å². The summed E-state index contributed by atoms with van der Waals surface area (Å²) >= 11 is 3.33. The first kappa shape index (κ1) is 23.4. The average Bonchev–Trinajstić information content (AvgIpc) is 2.65. The highest BCUT2D eigenvalue weighted by Gasteiger charge is 2.15. The molecule has 7 nitrogen and oxygen atoms in total. The molecule has 1 amide bonds. The summed E-state index contributed by atoms with van der Waals surface area (Å²) < 4.78 is 11.6. The van der Waals surface area contributed by atoms with Gasteiger partial charge in [-0.2, -0.15) is 5.10 Å². The molecule has 0 atom stereocenters. The van der Waals surface area contributed by atoms with E-state index in [1.807, 2.05) is 19.1 Å². The molecular formula is C22H25BrN2O5. The van der Waals surface area contributed by atoms with Gasteiger partial charge >= 0.3 is 5.97 Å². The van der Waals surface area contributed by atoms with Crippen LogP contribution in [0.3, 0.4) is 0 Å². The number of halogens is 1. The second kappa shape index (κ2) is 10.2. The summed E-state index contributed by atoms with van der Waals surface area (Å²) in [4.78, 5) is 22.7. The van der Waals surface area contributed by atoms with Crippen LogP contribution in [0.5, 0.6) is 11.5 Å². The van der Waals surface area contributed by atoms with E-state index in [-0.39, 0.29) is 12.0 Å². The third kappa shape index (κ3) is 7.18. The van der Waals surface area contributed by atoms with Crippen molar-refractivity contribution >= 4 is 34.0 Å². The zero-order valence-electron chi connectivity index (χ0n) is 17.4. The molecule has 0 aliphatic carbocycles. The highest BCUT2D eigenvalue weighted by Crippen LogP contribution is 2.27. The Morgan fingerprint density at radius 3 is 2.40 bits per heavy atom. The Hall–Kier alpha value is -2.87. The van der Waals surface area contributed by atoms with Crippen molar-refractivity contribution in [3.05, 3.63) is 57.6 Å². The summed E-state index contributed by atoms with van der Waals surface area (Å²) in [6, 6.07) is 10.9. The molecule has 0 aliphatic rings. The summed E-state index contributed by atoms with van der Waals surface area (Å²) in [6.07, 6.45) is 1.38. The molecule has 0 bridgehead atoms. The van der Waals surface area contributed by atoms with Crippen molar-refractivity contribution in [3.8, 4) is 11.5 Å². The van der Waals surface area contributed by atoms with Gasteiger partial charge in [-0.15, -0.1) is 0 Å². The lowest BCUT2D eigenvalue weighted by Gasteiger charge is -2.20. The maximum Gasteiger partial charge on any atom is 0.341 e. The monoisotopic (exact) mass is 476 g/mol. The van der Waals surface area contributed by atoms with E-state index < -0.39 is 18.5 Å². The molecule has 0 fully saturated rings. The highest BCUT2D eigenvalue weighted by molar-refractivity contribution is 9.10. The molecule has 0 spiro atoms. The molecule has 160 valence electrons. The van der Waals surface area contributed by atoms with Crippen molar-refractivity contribution in [1.29, 1.82) is 0 Å². The zero-order valence-corrected chi connectivity index (χ0v) is 18.9. The summed E-state index contributed by atoms with van der Waals surface area (Å²) in [5, 5.41) is 12.7. The van der Waals surface area contributed by atoms with Gasteiger partial charge in [0.05, 0.1) is 6.21 Å². The Kier molecular flexibility index (Phi) is 8.00. The SMILES string of the molecule is Cc1cc(C(C)(C)C)ccc1OCC(=O)N/N=C\c1cc(Br)ccc1OCC(=O)O. The van der Waals surface area contributed by atoms with Gasteiger partial charge in [0.15, 0.2) is 13.2 Å². The number of nitrogens with zero attached hydrogens (tertiary/aromatic N) is 1. The number of nitrogens with one attached hydrogen (secondary N) is 1. The number of carboxylic acids is 1. The lowest BCUT2D eigenvalue weighted by molar-refractivity contribution is -0.139.